The molecule has 7 heteroatoms. The van der Waals surface area contributed by atoms with E-state index in [1.54, 1.807) is 36.4 Å². The summed E-state index contributed by atoms with van der Waals surface area (Å²) < 4.78 is 5.40. The monoisotopic (exact) mass is 410 g/mol. The molecule has 2 aromatic rings. The van der Waals surface area contributed by atoms with E-state index in [4.69, 9.17) is 15.9 Å². The van der Waals surface area contributed by atoms with Crippen molar-refractivity contribution < 1.29 is 14.3 Å². The highest BCUT2D eigenvalue weighted by Crippen LogP contribution is 2.17. The van der Waals surface area contributed by atoms with Crippen molar-refractivity contribution in [3.8, 4) is 5.75 Å². The number of nitrogens with one attached hydrogen (secondary N) is 2. The van der Waals surface area contributed by atoms with E-state index in [-0.39, 0.29) is 11.9 Å². The van der Waals surface area contributed by atoms with Crippen LogP contribution in [0.15, 0.2) is 48.5 Å². The number of anilines is 1. The summed E-state index contributed by atoms with van der Waals surface area (Å²) in [6.07, 6.45) is 3.22. The van der Waals surface area contributed by atoms with Crippen LogP contribution in [0.2, 0.25) is 0 Å². The number of ether oxygens (including phenoxy) is 1. The molecule has 2 aromatic carbocycles. The number of rotatable bonds is 10. The van der Waals surface area contributed by atoms with Gasteiger partial charge in [-0.2, -0.15) is 0 Å². The van der Waals surface area contributed by atoms with Crippen LogP contribution < -0.4 is 15.8 Å². The second-order valence-corrected chi connectivity index (χ2v) is 6.98. The summed E-state index contributed by atoms with van der Waals surface area (Å²) >= 11 is 0. The van der Waals surface area contributed by atoms with Gasteiger partial charge >= 0.3 is 5.97 Å². The number of amides is 1. The Hall–Kier alpha value is -3.35. The van der Waals surface area contributed by atoms with Crippen LogP contribution in [-0.2, 0) is 11.2 Å². The minimum Gasteiger partial charge on any atom is -0.423 e. The fourth-order valence-electron chi connectivity index (χ4n) is 2.95. The lowest BCUT2D eigenvalue weighted by molar-refractivity contribution is -0.131. The summed E-state index contributed by atoms with van der Waals surface area (Å²) in [5.41, 5.74) is 7.31. The zero-order valence-corrected chi connectivity index (χ0v) is 17.6. The summed E-state index contributed by atoms with van der Waals surface area (Å²) in [5.74, 6) is -0.0272. The first kappa shape index (κ1) is 22.9. The lowest BCUT2D eigenvalue weighted by atomic mass is 10.1. The van der Waals surface area contributed by atoms with Crippen LogP contribution in [0, 0.1) is 5.41 Å². The molecule has 0 spiro atoms. The molecule has 0 aliphatic rings. The van der Waals surface area contributed by atoms with Crippen molar-refractivity contribution in [1.82, 2.24) is 4.90 Å². The van der Waals surface area contributed by atoms with Gasteiger partial charge in [0, 0.05) is 25.2 Å². The van der Waals surface area contributed by atoms with Gasteiger partial charge in [0.25, 0.3) is 0 Å². The number of hydrogen-bond donors (Lipinski definition) is 3. The Morgan fingerprint density at radius 1 is 1.07 bits per heavy atom. The van der Waals surface area contributed by atoms with E-state index in [2.05, 4.69) is 12.2 Å². The summed E-state index contributed by atoms with van der Waals surface area (Å²) in [6.45, 7) is 5.67. The highest BCUT2D eigenvalue weighted by Gasteiger charge is 2.12. The summed E-state index contributed by atoms with van der Waals surface area (Å²) in [6, 6.07) is 13.7. The maximum absolute atomic E-state index is 12.3. The molecule has 0 aromatic heterocycles. The van der Waals surface area contributed by atoms with Crippen LogP contribution in [0.3, 0.4) is 0 Å². The molecule has 0 saturated heterocycles. The molecule has 0 unspecified atom stereocenters. The van der Waals surface area contributed by atoms with Crippen molar-refractivity contribution in [1.29, 1.82) is 5.41 Å². The molecule has 0 heterocycles. The number of guanidine groups is 1. The van der Waals surface area contributed by atoms with Crippen LogP contribution in [0.4, 0.5) is 5.69 Å². The number of carbonyl (C=O) groups excluding carboxylic acids is 2. The van der Waals surface area contributed by atoms with E-state index in [0.29, 0.717) is 29.8 Å². The standard InChI is InChI=1S/C23H30N4O3/c1-3-5-16-27(4-2)21(28)15-8-17-6-13-20(14-7-17)30-22(29)18-9-11-19(12-10-18)26-23(24)25/h6-7,9-14H,3-5,8,15-16H2,1-2H3,(H4,24,25,26). The highest BCUT2D eigenvalue weighted by atomic mass is 16.5. The zero-order valence-electron chi connectivity index (χ0n) is 17.6. The van der Waals surface area contributed by atoms with Gasteiger partial charge in [-0.05, 0) is 61.7 Å². The van der Waals surface area contributed by atoms with E-state index in [9.17, 15) is 9.59 Å². The molecule has 2 rings (SSSR count). The summed E-state index contributed by atoms with van der Waals surface area (Å²) in [7, 11) is 0. The molecule has 0 aliphatic carbocycles. The van der Waals surface area contributed by atoms with Crippen molar-refractivity contribution in [2.24, 2.45) is 5.73 Å². The first-order valence-corrected chi connectivity index (χ1v) is 10.2. The summed E-state index contributed by atoms with van der Waals surface area (Å²) in [4.78, 5) is 26.5. The number of unbranched alkanes of at least 4 members (excludes halogenated alkanes) is 1. The number of esters is 1. The van der Waals surface area contributed by atoms with Gasteiger partial charge in [0.15, 0.2) is 5.96 Å². The van der Waals surface area contributed by atoms with Crippen molar-refractivity contribution in [2.75, 3.05) is 18.4 Å². The van der Waals surface area contributed by atoms with Crippen LogP contribution in [0.5, 0.6) is 5.75 Å². The van der Waals surface area contributed by atoms with Crippen molar-refractivity contribution >= 4 is 23.5 Å². The smallest absolute Gasteiger partial charge is 0.343 e. The molecule has 0 radical (unpaired) electrons. The van der Waals surface area contributed by atoms with Gasteiger partial charge < -0.3 is 20.7 Å². The molecule has 160 valence electrons. The molecule has 0 fully saturated rings. The lowest BCUT2D eigenvalue weighted by Crippen LogP contribution is -2.31. The molecule has 0 atom stereocenters. The molecule has 0 bridgehead atoms. The Morgan fingerprint density at radius 2 is 1.73 bits per heavy atom. The molecule has 1 amide bonds. The molecular weight excluding hydrogens is 380 g/mol. The molecule has 4 N–H and O–H groups in total. The van der Waals surface area contributed by atoms with Gasteiger partial charge in [-0.25, -0.2) is 4.79 Å². The Kier molecular flexibility index (Phi) is 8.87. The maximum atomic E-state index is 12.3. The predicted octanol–water partition coefficient (Wildman–Crippen LogP) is 3.79. The largest absolute Gasteiger partial charge is 0.423 e. The zero-order chi connectivity index (χ0) is 21.9. The van der Waals surface area contributed by atoms with Gasteiger partial charge in [-0.3, -0.25) is 10.2 Å². The fraction of sp³-hybridized carbons (Fsp3) is 0.348. The molecule has 0 saturated carbocycles. The third kappa shape index (κ3) is 7.24. The molecular formula is C23H30N4O3. The number of carbonyl (C=O) groups is 2. The Balaban J connectivity index is 1.87. The third-order valence-corrected chi connectivity index (χ3v) is 4.68. The van der Waals surface area contributed by atoms with Crippen LogP contribution in [0.1, 0.15) is 49.0 Å². The van der Waals surface area contributed by atoms with Crippen molar-refractivity contribution in [2.45, 2.75) is 39.5 Å². The summed E-state index contributed by atoms with van der Waals surface area (Å²) in [5, 5.41) is 9.85. The van der Waals surface area contributed by atoms with E-state index in [1.165, 1.54) is 0 Å². The highest BCUT2D eigenvalue weighted by molar-refractivity contribution is 5.93. The van der Waals surface area contributed by atoms with Gasteiger partial charge in [0.2, 0.25) is 5.91 Å². The number of nitrogens with two attached hydrogens (primary N) is 1. The second kappa shape index (κ2) is 11.6. The minimum absolute atomic E-state index is 0.171. The molecule has 30 heavy (non-hydrogen) atoms. The van der Waals surface area contributed by atoms with Gasteiger partial charge in [0.1, 0.15) is 5.75 Å². The normalized spacial score (nSPS) is 10.3. The van der Waals surface area contributed by atoms with Gasteiger partial charge in [0.05, 0.1) is 5.56 Å². The first-order valence-electron chi connectivity index (χ1n) is 10.2. The van der Waals surface area contributed by atoms with Crippen molar-refractivity contribution in [3.05, 3.63) is 59.7 Å². The van der Waals surface area contributed by atoms with Crippen LogP contribution >= 0.6 is 0 Å². The van der Waals surface area contributed by atoms with E-state index >= 15 is 0 Å². The van der Waals surface area contributed by atoms with Crippen LogP contribution in [-0.4, -0.2) is 35.8 Å². The first-order chi connectivity index (χ1) is 14.4. The number of hydrogen-bond acceptors (Lipinski definition) is 4. The SMILES string of the molecule is CCCCN(CC)C(=O)CCc1ccc(OC(=O)c2ccc(NC(=N)N)cc2)cc1. The number of benzene rings is 2. The molecule has 7 nitrogen and oxygen atoms in total. The number of aryl methyl sites for hydroxylation is 1. The Morgan fingerprint density at radius 3 is 2.30 bits per heavy atom. The predicted molar refractivity (Wildman–Crippen MR) is 119 cm³/mol. The quantitative estimate of drug-likeness (QED) is 0.239. The second-order valence-electron chi connectivity index (χ2n) is 6.98. The van der Waals surface area contributed by atoms with Crippen LogP contribution in [0.25, 0.3) is 0 Å². The minimum atomic E-state index is -0.471. The Labute approximate surface area is 177 Å². The average molecular weight is 411 g/mol. The molecule has 0 aliphatic heterocycles. The van der Waals surface area contributed by atoms with E-state index in [1.807, 2.05) is 24.0 Å². The topological polar surface area (TPSA) is 109 Å². The average Bonchev–Trinajstić information content (AvgIpc) is 2.74. The third-order valence-electron chi connectivity index (χ3n) is 4.68. The maximum Gasteiger partial charge on any atom is 0.343 e. The van der Waals surface area contributed by atoms with E-state index < -0.39 is 5.97 Å². The Bertz CT molecular complexity index is 848. The number of nitrogens with zero attached hydrogens (tertiary/aromatic N) is 1. The fourth-order valence-corrected chi connectivity index (χ4v) is 2.95. The van der Waals surface area contributed by atoms with Crippen molar-refractivity contribution in [3.63, 3.8) is 0 Å². The van der Waals surface area contributed by atoms with Gasteiger partial charge in [-0.15, -0.1) is 0 Å². The van der Waals surface area contributed by atoms with E-state index in [0.717, 1.165) is 31.5 Å². The lowest BCUT2D eigenvalue weighted by Gasteiger charge is -2.20. The van der Waals surface area contributed by atoms with Gasteiger partial charge in [-0.1, -0.05) is 25.5 Å².